The van der Waals surface area contributed by atoms with E-state index < -0.39 is 0 Å². The van der Waals surface area contributed by atoms with Crippen LogP contribution in [0.5, 0.6) is 0 Å². The van der Waals surface area contributed by atoms with Crippen molar-refractivity contribution in [2.24, 2.45) is 0 Å². The molecule has 0 saturated heterocycles. The van der Waals surface area contributed by atoms with Crippen LogP contribution in [0.3, 0.4) is 0 Å². The van der Waals surface area contributed by atoms with Gasteiger partial charge in [-0.2, -0.15) is 0 Å². The number of nitrogens with one attached hydrogen (secondary N) is 1. The molecular formula is C12H12FNO. The molecule has 1 heterocycles. The molecule has 0 unspecified atom stereocenters. The van der Waals surface area contributed by atoms with Crippen molar-refractivity contribution in [1.29, 1.82) is 0 Å². The van der Waals surface area contributed by atoms with Crippen LogP contribution < -0.4 is 5.56 Å². The Morgan fingerprint density at radius 3 is 2.67 bits per heavy atom. The van der Waals surface area contributed by atoms with Gasteiger partial charge in [-0.15, -0.1) is 0 Å². The van der Waals surface area contributed by atoms with Gasteiger partial charge in [0.2, 0.25) is 5.56 Å². The average molecular weight is 205 g/mol. The van der Waals surface area contributed by atoms with Crippen LogP contribution in [-0.2, 0) is 0 Å². The number of pyridine rings is 1. The van der Waals surface area contributed by atoms with Crippen LogP contribution in [-0.4, -0.2) is 4.98 Å². The highest BCUT2D eigenvalue weighted by atomic mass is 19.1. The second-order valence-corrected chi connectivity index (χ2v) is 3.93. The smallest absolute Gasteiger partial charge is 0.248 e. The number of aromatic nitrogens is 1. The van der Waals surface area contributed by atoms with E-state index in [1.807, 2.05) is 13.8 Å². The van der Waals surface area contributed by atoms with Crippen molar-refractivity contribution >= 4 is 10.8 Å². The molecule has 15 heavy (non-hydrogen) atoms. The van der Waals surface area contributed by atoms with Crippen molar-refractivity contribution in [2.45, 2.75) is 19.8 Å². The molecule has 1 aromatic heterocycles. The summed E-state index contributed by atoms with van der Waals surface area (Å²) in [4.78, 5) is 14.1. The summed E-state index contributed by atoms with van der Waals surface area (Å²) in [5, 5.41) is 1.56. The maximum absolute atomic E-state index is 13.0. The van der Waals surface area contributed by atoms with Gasteiger partial charge in [0.05, 0.1) is 0 Å². The lowest BCUT2D eigenvalue weighted by molar-refractivity contribution is 0.629. The maximum Gasteiger partial charge on any atom is 0.248 e. The van der Waals surface area contributed by atoms with Crippen LogP contribution in [0.1, 0.15) is 25.5 Å². The Morgan fingerprint density at radius 2 is 2.00 bits per heavy atom. The third kappa shape index (κ3) is 1.77. The molecule has 0 amide bonds. The number of aromatic amines is 1. The predicted octanol–water partition coefficient (Wildman–Crippen LogP) is 2.79. The molecule has 0 aliphatic heterocycles. The lowest BCUT2D eigenvalue weighted by Crippen LogP contribution is -2.09. The largest absolute Gasteiger partial charge is 0.325 e. The lowest BCUT2D eigenvalue weighted by atomic mass is 10.0. The Labute approximate surface area is 86.8 Å². The first kappa shape index (κ1) is 9.90. The van der Waals surface area contributed by atoms with Crippen LogP contribution >= 0.6 is 0 Å². The van der Waals surface area contributed by atoms with Crippen molar-refractivity contribution in [3.8, 4) is 0 Å². The second kappa shape index (κ2) is 3.50. The molecule has 2 aromatic rings. The standard InChI is InChI=1S/C12H12FNO/c1-7(2)12-10-4-3-9(13)5-8(10)6-11(15)14-12/h3-7H,1-2H3,(H,14,15). The van der Waals surface area contributed by atoms with Gasteiger partial charge in [0.25, 0.3) is 0 Å². The lowest BCUT2D eigenvalue weighted by Gasteiger charge is -2.09. The average Bonchev–Trinajstić information content (AvgIpc) is 2.15. The molecule has 1 N–H and O–H groups in total. The van der Waals surface area contributed by atoms with Crippen LogP contribution in [0.2, 0.25) is 0 Å². The van der Waals surface area contributed by atoms with Gasteiger partial charge < -0.3 is 4.98 Å². The Hall–Kier alpha value is -1.64. The molecule has 0 saturated carbocycles. The number of hydrogen-bond donors (Lipinski definition) is 1. The van der Waals surface area contributed by atoms with Gasteiger partial charge in [0.15, 0.2) is 0 Å². The zero-order valence-corrected chi connectivity index (χ0v) is 8.67. The van der Waals surface area contributed by atoms with Crippen molar-refractivity contribution in [1.82, 2.24) is 4.98 Å². The van der Waals surface area contributed by atoms with E-state index in [9.17, 15) is 9.18 Å². The molecule has 78 valence electrons. The van der Waals surface area contributed by atoms with E-state index in [1.54, 1.807) is 6.07 Å². The molecule has 3 heteroatoms. The van der Waals surface area contributed by atoms with E-state index in [1.165, 1.54) is 18.2 Å². The molecule has 2 rings (SSSR count). The first-order valence-electron chi connectivity index (χ1n) is 4.90. The summed E-state index contributed by atoms with van der Waals surface area (Å²) in [6.07, 6.45) is 0. The fourth-order valence-electron chi connectivity index (χ4n) is 1.73. The fraction of sp³-hybridized carbons (Fsp3) is 0.250. The minimum Gasteiger partial charge on any atom is -0.325 e. The highest BCUT2D eigenvalue weighted by Crippen LogP contribution is 2.22. The van der Waals surface area contributed by atoms with E-state index in [0.29, 0.717) is 5.39 Å². The van der Waals surface area contributed by atoms with Gasteiger partial charge in [-0.3, -0.25) is 4.79 Å². The highest BCUT2D eigenvalue weighted by molar-refractivity contribution is 5.84. The molecule has 1 aromatic carbocycles. The third-order valence-electron chi connectivity index (χ3n) is 2.43. The minimum absolute atomic E-state index is 0.184. The molecule has 0 radical (unpaired) electrons. The summed E-state index contributed by atoms with van der Waals surface area (Å²) < 4.78 is 13.0. The van der Waals surface area contributed by atoms with Crippen LogP contribution in [0, 0.1) is 5.82 Å². The SMILES string of the molecule is CC(C)c1[nH]c(=O)cc2cc(F)ccc12. The minimum atomic E-state index is -0.317. The van der Waals surface area contributed by atoms with Crippen molar-refractivity contribution < 1.29 is 4.39 Å². The van der Waals surface area contributed by atoms with Crippen molar-refractivity contribution in [2.75, 3.05) is 0 Å². The molecule has 2 nitrogen and oxygen atoms in total. The van der Waals surface area contributed by atoms with E-state index in [4.69, 9.17) is 0 Å². The second-order valence-electron chi connectivity index (χ2n) is 3.93. The van der Waals surface area contributed by atoms with Gasteiger partial charge in [-0.1, -0.05) is 13.8 Å². The molecule has 0 aliphatic carbocycles. The van der Waals surface area contributed by atoms with Crippen LogP contribution in [0.25, 0.3) is 10.8 Å². The number of H-pyrrole nitrogens is 1. The van der Waals surface area contributed by atoms with E-state index in [2.05, 4.69) is 4.98 Å². The van der Waals surface area contributed by atoms with Gasteiger partial charge in [-0.05, 0) is 29.5 Å². The molecule has 0 bridgehead atoms. The number of fused-ring (bicyclic) bond motifs is 1. The summed E-state index contributed by atoms with van der Waals surface area (Å²) in [6, 6.07) is 5.92. The number of rotatable bonds is 1. The summed E-state index contributed by atoms with van der Waals surface area (Å²) in [5.74, 6) is -0.102. The van der Waals surface area contributed by atoms with Crippen molar-refractivity contribution in [3.05, 3.63) is 46.1 Å². The first-order chi connectivity index (χ1) is 7.08. The molecule has 0 aliphatic rings. The molecular weight excluding hydrogens is 193 g/mol. The maximum atomic E-state index is 13.0. The van der Waals surface area contributed by atoms with Gasteiger partial charge >= 0.3 is 0 Å². The fourth-order valence-corrected chi connectivity index (χ4v) is 1.73. The quantitative estimate of drug-likeness (QED) is 0.762. The molecule has 0 spiro atoms. The zero-order valence-electron chi connectivity index (χ0n) is 8.67. The summed E-state index contributed by atoms with van der Waals surface area (Å²) in [7, 11) is 0. The van der Waals surface area contributed by atoms with Gasteiger partial charge in [-0.25, -0.2) is 4.39 Å². The topological polar surface area (TPSA) is 32.9 Å². The highest BCUT2D eigenvalue weighted by Gasteiger charge is 2.07. The summed E-state index contributed by atoms with van der Waals surface area (Å²) >= 11 is 0. The monoisotopic (exact) mass is 205 g/mol. The van der Waals surface area contributed by atoms with Gasteiger partial charge in [0, 0.05) is 17.1 Å². The zero-order chi connectivity index (χ0) is 11.0. The Morgan fingerprint density at radius 1 is 1.27 bits per heavy atom. The Balaban J connectivity index is 2.86. The Kier molecular flexibility index (Phi) is 2.31. The Bertz CT molecular complexity index is 557. The van der Waals surface area contributed by atoms with Gasteiger partial charge in [0.1, 0.15) is 5.82 Å². The first-order valence-corrected chi connectivity index (χ1v) is 4.90. The molecule has 0 fully saturated rings. The number of hydrogen-bond acceptors (Lipinski definition) is 1. The van der Waals surface area contributed by atoms with E-state index >= 15 is 0 Å². The number of benzene rings is 1. The number of halogens is 1. The summed E-state index contributed by atoms with van der Waals surface area (Å²) in [6.45, 7) is 3.99. The third-order valence-corrected chi connectivity index (χ3v) is 2.43. The predicted molar refractivity (Wildman–Crippen MR) is 58.6 cm³/mol. The van der Waals surface area contributed by atoms with E-state index in [0.717, 1.165) is 11.1 Å². The van der Waals surface area contributed by atoms with Crippen LogP contribution in [0.15, 0.2) is 29.1 Å². The molecule has 0 atom stereocenters. The normalized spacial score (nSPS) is 11.2. The van der Waals surface area contributed by atoms with Crippen LogP contribution in [0.4, 0.5) is 4.39 Å². The van der Waals surface area contributed by atoms with Crippen molar-refractivity contribution in [3.63, 3.8) is 0 Å². The summed E-state index contributed by atoms with van der Waals surface area (Å²) in [5.41, 5.74) is 0.675. The van der Waals surface area contributed by atoms with E-state index in [-0.39, 0.29) is 17.3 Å².